The summed E-state index contributed by atoms with van der Waals surface area (Å²) in [4.78, 5) is 0.0927. The van der Waals surface area contributed by atoms with Crippen molar-refractivity contribution in [2.24, 2.45) is 5.73 Å². The van der Waals surface area contributed by atoms with E-state index in [1.165, 1.54) is 6.07 Å². The molecule has 1 aliphatic heterocycles. The standard InChI is InChI=1S/C15H14ClNO3S/c16-11-6-2-4-8-13(11)21(18,19)14-9-20-12-7-3-1-5-10(12)15(14)17/h1-8,14-15H,9,17H2. The molecule has 2 N–H and O–H groups in total. The van der Waals surface area contributed by atoms with Gasteiger partial charge in [0.25, 0.3) is 0 Å². The molecule has 21 heavy (non-hydrogen) atoms. The molecule has 0 radical (unpaired) electrons. The monoisotopic (exact) mass is 323 g/mol. The number of nitrogens with two attached hydrogens (primary N) is 1. The summed E-state index contributed by atoms with van der Waals surface area (Å²) >= 11 is 6.02. The van der Waals surface area contributed by atoms with Crippen LogP contribution in [-0.2, 0) is 9.84 Å². The van der Waals surface area contributed by atoms with Gasteiger partial charge in [-0.2, -0.15) is 0 Å². The maximum absolute atomic E-state index is 12.8. The van der Waals surface area contributed by atoms with Crippen LogP contribution in [0.5, 0.6) is 5.75 Å². The normalized spacial score (nSPS) is 21.4. The van der Waals surface area contributed by atoms with E-state index in [2.05, 4.69) is 0 Å². The lowest BCUT2D eigenvalue weighted by Crippen LogP contribution is -2.41. The summed E-state index contributed by atoms with van der Waals surface area (Å²) in [6.07, 6.45) is 0. The van der Waals surface area contributed by atoms with Gasteiger partial charge < -0.3 is 10.5 Å². The molecule has 0 aliphatic carbocycles. The van der Waals surface area contributed by atoms with E-state index in [-0.39, 0.29) is 16.5 Å². The predicted octanol–water partition coefficient (Wildman–Crippen LogP) is 2.57. The molecule has 3 rings (SSSR count). The fourth-order valence-corrected chi connectivity index (χ4v) is 4.66. The third-order valence-corrected chi connectivity index (χ3v) is 6.26. The summed E-state index contributed by atoms with van der Waals surface area (Å²) in [7, 11) is -3.67. The zero-order chi connectivity index (χ0) is 15.0. The molecule has 0 saturated carbocycles. The van der Waals surface area contributed by atoms with Crippen molar-refractivity contribution < 1.29 is 13.2 Å². The SMILES string of the molecule is NC1c2ccccc2OCC1S(=O)(=O)c1ccccc1Cl. The first-order chi connectivity index (χ1) is 10.0. The van der Waals surface area contributed by atoms with Crippen molar-refractivity contribution >= 4 is 21.4 Å². The van der Waals surface area contributed by atoms with Crippen LogP contribution in [0.3, 0.4) is 0 Å². The van der Waals surface area contributed by atoms with E-state index in [0.717, 1.165) is 0 Å². The molecule has 4 nitrogen and oxygen atoms in total. The summed E-state index contributed by atoms with van der Waals surface area (Å²) in [5.74, 6) is 0.635. The summed E-state index contributed by atoms with van der Waals surface area (Å²) < 4.78 is 31.1. The molecule has 0 spiro atoms. The Kier molecular flexibility index (Phi) is 3.65. The van der Waals surface area contributed by atoms with Crippen LogP contribution in [0.25, 0.3) is 0 Å². The van der Waals surface area contributed by atoms with E-state index in [1.54, 1.807) is 30.3 Å². The number of rotatable bonds is 2. The molecule has 6 heteroatoms. The maximum atomic E-state index is 12.8. The first-order valence-corrected chi connectivity index (χ1v) is 8.40. The molecule has 0 saturated heterocycles. The molecule has 0 bridgehead atoms. The number of ether oxygens (including phenoxy) is 1. The predicted molar refractivity (Wildman–Crippen MR) is 81.3 cm³/mol. The minimum absolute atomic E-state index is 0.0196. The molecular weight excluding hydrogens is 310 g/mol. The molecule has 0 fully saturated rings. The smallest absolute Gasteiger partial charge is 0.187 e. The molecule has 2 atom stereocenters. The Morgan fingerprint density at radius 3 is 2.52 bits per heavy atom. The lowest BCUT2D eigenvalue weighted by molar-refractivity contribution is 0.270. The van der Waals surface area contributed by atoms with Crippen LogP contribution >= 0.6 is 11.6 Å². The fourth-order valence-electron chi connectivity index (χ4n) is 2.48. The number of benzene rings is 2. The van der Waals surface area contributed by atoms with Crippen LogP contribution in [0, 0.1) is 0 Å². The van der Waals surface area contributed by atoms with Crippen LogP contribution in [0.1, 0.15) is 11.6 Å². The Bertz CT molecular complexity index is 776. The minimum Gasteiger partial charge on any atom is -0.492 e. The van der Waals surface area contributed by atoms with Crippen molar-refractivity contribution in [2.75, 3.05) is 6.61 Å². The highest BCUT2D eigenvalue weighted by Crippen LogP contribution is 2.36. The molecule has 1 aliphatic rings. The van der Waals surface area contributed by atoms with Crippen molar-refractivity contribution in [3.63, 3.8) is 0 Å². The zero-order valence-corrected chi connectivity index (χ0v) is 12.6. The van der Waals surface area contributed by atoms with Gasteiger partial charge >= 0.3 is 0 Å². The third kappa shape index (κ3) is 2.41. The summed E-state index contributed by atoms with van der Waals surface area (Å²) in [5.41, 5.74) is 6.86. The minimum atomic E-state index is -3.67. The van der Waals surface area contributed by atoms with Crippen LogP contribution in [0.2, 0.25) is 5.02 Å². The topological polar surface area (TPSA) is 69.4 Å². The second-order valence-electron chi connectivity index (χ2n) is 4.89. The Morgan fingerprint density at radius 2 is 1.76 bits per heavy atom. The number of para-hydroxylation sites is 1. The molecule has 1 heterocycles. The quantitative estimate of drug-likeness (QED) is 0.922. The number of hydrogen-bond acceptors (Lipinski definition) is 4. The van der Waals surface area contributed by atoms with Gasteiger partial charge in [0.1, 0.15) is 17.6 Å². The Morgan fingerprint density at radius 1 is 1.10 bits per heavy atom. The number of halogens is 1. The van der Waals surface area contributed by atoms with Gasteiger partial charge in [-0.1, -0.05) is 41.9 Å². The van der Waals surface area contributed by atoms with Crippen LogP contribution in [0.15, 0.2) is 53.4 Å². The Balaban J connectivity index is 2.04. The van der Waals surface area contributed by atoms with E-state index in [1.807, 2.05) is 12.1 Å². The molecule has 0 amide bonds. The van der Waals surface area contributed by atoms with Crippen molar-refractivity contribution in [1.29, 1.82) is 0 Å². The Hall–Kier alpha value is -1.56. The lowest BCUT2D eigenvalue weighted by atomic mass is 10.0. The van der Waals surface area contributed by atoms with Crippen molar-refractivity contribution in [2.45, 2.75) is 16.2 Å². The zero-order valence-electron chi connectivity index (χ0n) is 11.1. The van der Waals surface area contributed by atoms with E-state index in [4.69, 9.17) is 22.1 Å². The first-order valence-electron chi connectivity index (χ1n) is 6.47. The molecule has 2 aromatic rings. The third-order valence-electron chi connectivity index (χ3n) is 3.62. The number of hydrogen-bond donors (Lipinski definition) is 1. The highest BCUT2D eigenvalue weighted by Gasteiger charge is 2.39. The van der Waals surface area contributed by atoms with Gasteiger partial charge in [0.05, 0.1) is 16.0 Å². The second kappa shape index (κ2) is 5.33. The summed E-state index contributed by atoms with van der Waals surface area (Å²) in [6, 6.07) is 12.9. The number of sulfone groups is 1. The van der Waals surface area contributed by atoms with E-state index in [0.29, 0.717) is 11.3 Å². The average molecular weight is 324 g/mol. The van der Waals surface area contributed by atoms with Crippen LogP contribution < -0.4 is 10.5 Å². The lowest BCUT2D eigenvalue weighted by Gasteiger charge is -2.30. The number of fused-ring (bicyclic) bond motifs is 1. The molecule has 2 unspecified atom stereocenters. The van der Waals surface area contributed by atoms with Crippen molar-refractivity contribution in [3.8, 4) is 5.75 Å². The van der Waals surface area contributed by atoms with Crippen LogP contribution in [-0.4, -0.2) is 20.3 Å². The van der Waals surface area contributed by atoms with Gasteiger partial charge in [0, 0.05) is 5.56 Å². The van der Waals surface area contributed by atoms with E-state index in [9.17, 15) is 8.42 Å². The van der Waals surface area contributed by atoms with Gasteiger partial charge in [-0.3, -0.25) is 0 Å². The van der Waals surface area contributed by atoms with Crippen molar-refractivity contribution in [1.82, 2.24) is 0 Å². The molecule has 110 valence electrons. The highest BCUT2D eigenvalue weighted by atomic mass is 35.5. The van der Waals surface area contributed by atoms with Crippen LogP contribution in [0.4, 0.5) is 0 Å². The maximum Gasteiger partial charge on any atom is 0.187 e. The fraction of sp³-hybridized carbons (Fsp3) is 0.200. The van der Waals surface area contributed by atoms with Gasteiger partial charge in [0.15, 0.2) is 9.84 Å². The summed E-state index contributed by atoms with van der Waals surface area (Å²) in [6.45, 7) is 0.0196. The van der Waals surface area contributed by atoms with E-state index < -0.39 is 21.1 Å². The molecule has 2 aromatic carbocycles. The molecular formula is C15H14ClNO3S. The highest BCUT2D eigenvalue weighted by molar-refractivity contribution is 7.92. The van der Waals surface area contributed by atoms with E-state index >= 15 is 0 Å². The van der Waals surface area contributed by atoms with Gasteiger partial charge in [0.2, 0.25) is 0 Å². The second-order valence-corrected chi connectivity index (χ2v) is 7.43. The summed E-state index contributed by atoms with van der Waals surface area (Å²) in [5, 5.41) is -0.657. The van der Waals surface area contributed by atoms with Gasteiger partial charge in [-0.05, 0) is 18.2 Å². The molecule has 0 aromatic heterocycles. The van der Waals surface area contributed by atoms with Gasteiger partial charge in [-0.15, -0.1) is 0 Å². The average Bonchev–Trinajstić information content (AvgIpc) is 2.48. The first kappa shape index (κ1) is 14.4. The van der Waals surface area contributed by atoms with Gasteiger partial charge in [-0.25, -0.2) is 8.42 Å². The van der Waals surface area contributed by atoms with Crippen molar-refractivity contribution in [3.05, 3.63) is 59.1 Å². The Labute approximate surface area is 128 Å². The largest absolute Gasteiger partial charge is 0.492 e.